The number of halogens is 1. The van der Waals surface area contributed by atoms with Gasteiger partial charge in [0.1, 0.15) is 0 Å². The van der Waals surface area contributed by atoms with Gasteiger partial charge in [0.25, 0.3) is 0 Å². The molecule has 3 heteroatoms. The number of ketones is 1. The number of fused-ring (bicyclic) bond motifs is 1. The van der Waals surface area contributed by atoms with Gasteiger partial charge >= 0.3 is 0 Å². The fourth-order valence-corrected chi connectivity index (χ4v) is 3.12. The van der Waals surface area contributed by atoms with Crippen molar-refractivity contribution in [3.8, 4) is 10.4 Å². The molecule has 80 valence electrons. The Morgan fingerprint density at radius 2 is 2.00 bits per heavy atom. The van der Waals surface area contributed by atoms with Gasteiger partial charge in [-0.1, -0.05) is 23.7 Å². The van der Waals surface area contributed by atoms with E-state index in [0.29, 0.717) is 6.42 Å². The molecule has 0 radical (unpaired) electrons. The van der Waals surface area contributed by atoms with Crippen LogP contribution in [0.15, 0.2) is 30.3 Å². The van der Waals surface area contributed by atoms with Crippen molar-refractivity contribution in [2.45, 2.75) is 12.8 Å². The maximum atomic E-state index is 11.5. The van der Waals surface area contributed by atoms with Crippen LogP contribution in [-0.2, 0) is 6.42 Å². The highest BCUT2D eigenvalue weighted by Gasteiger charge is 2.19. The monoisotopic (exact) mass is 248 g/mol. The van der Waals surface area contributed by atoms with E-state index in [2.05, 4.69) is 6.07 Å². The predicted molar refractivity (Wildman–Crippen MR) is 67.4 cm³/mol. The van der Waals surface area contributed by atoms with Gasteiger partial charge in [0.2, 0.25) is 0 Å². The summed E-state index contributed by atoms with van der Waals surface area (Å²) in [7, 11) is 0. The summed E-state index contributed by atoms with van der Waals surface area (Å²) in [6.45, 7) is 0. The molecular formula is C13H9ClOS. The molecule has 1 aromatic carbocycles. The number of aryl methyl sites for hydroxylation is 1. The van der Waals surface area contributed by atoms with Gasteiger partial charge in [-0.15, -0.1) is 11.3 Å². The molecule has 1 aliphatic carbocycles. The maximum Gasteiger partial charge on any atom is 0.163 e. The smallest absolute Gasteiger partial charge is 0.163 e. The Kier molecular flexibility index (Phi) is 2.34. The van der Waals surface area contributed by atoms with Crippen LogP contribution < -0.4 is 0 Å². The van der Waals surface area contributed by atoms with Crippen LogP contribution in [0.2, 0.25) is 4.34 Å². The highest BCUT2D eigenvalue weighted by Crippen LogP contribution is 2.33. The highest BCUT2D eigenvalue weighted by atomic mass is 35.5. The first-order valence-corrected chi connectivity index (χ1v) is 6.35. The second-order valence-corrected chi connectivity index (χ2v) is 5.61. The van der Waals surface area contributed by atoms with Crippen LogP contribution in [0.3, 0.4) is 0 Å². The first-order chi connectivity index (χ1) is 7.74. The SMILES string of the molecule is O=C1CCc2cc(-c3ccc(Cl)s3)ccc21. The van der Waals surface area contributed by atoms with E-state index in [-0.39, 0.29) is 5.78 Å². The van der Waals surface area contributed by atoms with Gasteiger partial charge in [-0.2, -0.15) is 0 Å². The van der Waals surface area contributed by atoms with Crippen LogP contribution in [0.4, 0.5) is 0 Å². The quantitative estimate of drug-likeness (QED) is 0.739. The van der Waals surface area contributed by atoms with Crippen molar-refractivity contribution in [3.63, 3.8) is 0 Å². The van der Waals surface area contributed by atoms with Crippen molar-refractivity contribution in [1.29, 1.82) is 0 Å². The van der Waals surface area contributed by atoms with E-state index in [1.165, 1.54) is 5.56 Å². The summed E-state index contributed by atoms with van der Waals surface area (Å²) in [6, 6.07) is 9.98. The Bertz CT molecular complexity index is 571. The number of carbonyl (C=O) groups is 1. The molecule has 2 aromatic rings. The van der Waals surface area contributed by atoms with Gasteiger partial charge in [0.15, 0.2) is 5.78 Å². The number of Topliss-reactive ketones (excluding diaryl/α,β-unsaturated/α-hetero) is 1. The normalized spacial score (nSPS) is 14.2. The van der Waals surface area contributed by atoms with E-state index >= 15 is 0 Å². The molecule has 3 rings (SSSR count). The molecule has 0 aliphatic heterocycles. The average Bonchev–Trinajstić information content (AvgIpc) is 2.86. The minimum absolute atomic E-state index is 0.269. The number of benzene rings is 1. The molecule has 0 spiro atoms. The largest absolute Gasteiger partial charge is 0.294 e. The molecule has 0 N–H and O–H groups in total. The van der Waals surface area contributed by atoms with E-state index in [9.17, 15) is 4.79 Å². The third kappa shape index (κ3) is 1.58. The Morgan fingerprint density at radius 3 is 2.75 bits per heavy atom. The summed E-state index contributed by atoms with van der Waals surface area (Å²) < 4.78 is 0.798. The van der Waals surface area contributed by atoms with Crippen LogP contribution in [0.1, 0.15) is 22.3 Å². The van der Waals surface area contributed by atoms with Gasteiger partial charge in [-0.3, -0.25) is 4.79 Å². The van der Waals surface area contributed by atoms with E-state index in [1.807, 2.05) is 24.3 Å². The van der Waals surface area contributed by atoms with Crippen LogP contribution in [0.25, 0.3) is 10.4 Å². The molecule has 0 fully saturated rings. The summed E-state index contributed by atoms with van der Waals surface area (Å²) in [4.78, 5) is 12.7. The molecule has 1 aliphatic rings. The molecule has 0 saturated carbocycles. The van der Waals surface area contributed by atoms with Crippen molar-refractivity contribution in [1.82, 2.24) is 0 Å². The van der Waals surface area contributed by atoms with Crippen LogP contribution >= 0.6 is 22.9 Å². The zero-order valence-corrected chi connectivity index (χ0v) is 10.1. The van der Waals surface area contributed by atoms with Crippen LogP contribution in [-0.4, -0.2) is 5.78 Å². The van der Waals surface area contributed by atoms with Gasteiger partial charge in [0, 0.05) is 16.9 Å². The lowest BCUT2D eigenvalue weighted by Gasteiger charge is -2.01. The molecule has 16 heavy (non-hydrogen) atoms. The lowest BCUT2D eigenvalue weighted by molar-refractivity contribution is 0.0994. The van der Waals surface area contributed by atoms with Crippen LogP contribution in [0.5, 0.6) is 0 Å². The zero-order valence-electron chi connectivity index (χ0n) is 8.50. The average molecular weight is 249 g/mol. The van der Waals surface area contributed by atoms with Crippen molar-refractivity contribution < 1.29 is 4.79 Å². The number of thiophene rings is 1. The Hall–Kier alpha value is -1.12. The minimum Gasteiger partial charge on any atom is -0.294 e. The Labute approximate surface area is 103 Å². The molecule has 0 atom stereocenters. The fourth-order valence-electron chi connectivity index (χ4n) is 2.08. The molecule has 1 nitrogen and oxygen atoms in total. The number of hydrogen-bond acceptors (Lipinski definition) is 2. The van der Waals surface area contributed by atoms with E-state index in [0.717, 1.165) is 26.8 Å². The Morgan fingerprint density at radius 1 is 1.12 bits per heavy atom. The first kappa shape index (κ1) is 10.1. The summed E-state index contributed by atoms with van der Waals surface area (Å²) in [5, 5.41) is 0. The number of rotatable bonds is 1. The van der Waals surface area contributed by atoms with Gasteiger partial charge in [-0.05, 0) is 35.7 Å². The van der Waals surface area contributed by atoms with Crippen molar-refractivity contribution in [2.24, 2.45) is 0 Å². The van der Waals surface area contributed by atoms with Gasteiger partial charge < -0.3 is 0 Å². The fraction of sp³-hybridized carbons (Fsp3) is 0.154. The third-order valence-corrected chi connectivity index (χ3v) is 4.16. The van der Waals surface area contributed by atoms with Crippen molar-refractivity contribution >= 4 is 28.7 Å². The second kappa shape index (κ2) is 3.72. The molecule has 0 bridgehead atoms. The van der Waals surface area contributed by atoms with Gasteiger partial charge in [-0.25, -0.2) is 0 Å². The highest BCUT2D eigenvalue weighted by molar-refractivity contribution is 7.19. The second-order valence-electron chi connectivity index (χ2n) is 3.90. The molecule has 1 aromatic heterocycles. The zero-order chi connectivity index (χ0) is 11.1. The summed E-state index contributed by atoms with van der Waals surface area (Å²) in [6.07, 6.45) is 1.53. The molecule has 0 saturated heterocycles. The Balaban J connectivity index is 2.08. The molecule has 1 heterocycles. The summed E-state index contributed by atoms with van der Waals surface area (Å²) in [5.74, 6) is 0.269. The topological polar surface area (TPSA) is 17.1 Å². The minimum atomic E-state index is 0.269. The maximum absolute atomic E-state index is 11.5. The van der Waals surface area contributed by atoms with E-state index < -0.39 is 0 Å². The first-order valence-electron chi connectivity index (χ1n) is 5.16. The van der Waals surface area contributed by atoms with Crippen LogP contribution in [0, 0.1) is 0 Å². The van der Waals surface area contributed by atoms with E-state index in [4.69, 9.17) is 11.6 Å². The molecule has 0 unspecified atom stereocenters. The van der Waals surface area contributed by atoms with Crippen molar-refractivity contribution in [3.05, 3.63) is 45.8 Å². The number of carbonyl (C=O) groups excluding carboxylic acids is 1. The number of hydrogen-bond donors (Lipinski definition) is 0. The molecule has 0 amide bonds. The van der Waals surface area contributed by atoms with Gasteiger partial charge in [0.05, 0.1) is 4.34 Å². The van der Waals surface area contributed by atoms with Crippen molar-refractivity contribution in [2.75, 3.05) is 0 Å². The lowest BCUT2D eigenvalue weighted by atomic mass is 10.1. The third-order valence-electron chi connectivity index (χ3n) is 2.88. The standard InChI is InChI=1S/C13H9ClOS/c14-13-6-5-12(16-13)9-1-3-10-8(7-9)2-4-11(10)15/h1,3,5-7H,2,4H2. The van der Waals surface area contributed by atoms with E-state index in [1.54, 1.807) is 11.3 Å². The molecular weight excluding hydrogens is 240 g/mol. The lowest BCUT2D eigenvalue weighted by Crippen LogP contribution is -1.90. The predicted octanol–water partition coefficient (Wildman–Crippen LogP) is 4.20. The summed E-state index contributed by atoms with van der Waals surface area (Å²) >= 11 is 7.48. The summed E-state index contributed by atoms with van der Waals surface area (Å²) in [5.41, 5.74) is 3.23.